The van der Waals surface area contributed by atoms with Crippen LogP contribution in [0.4, 0.5) is 0 Å². The quantitative estimate of drug-likeness (QED) is 0.152. The van der Waals surface area contributed by atoms with Gasteiger partial charge >= 0.3 is 7.12 Å². The average molecular weight is 970 g/mol. The Morgan fingerprint density at radius 1 is 0.562 bits per heavy atom. The second kappa shape index (κ2) is 19.0. The molecule has 0 saturated carbocycles. The van der Waals surface area contributed by atoms with Crippen molar-refractivity contribution in [1.29, 1.82) is 0 Å². The van der Waals surface area contributed by atoms with Crippen LogP contribution < -0.4 is 15.7 Å². The third kappa shape index (κ3) is 12.6. The average Bonchev–Trinajstić information content (AvgIpc) is 3.44. The maximum Gasteiger partial charge on any atom is 0.496 e. The number of nitrogens with two attached hydrogens (primary N) is 2. The topological polar surface area (TPSA) is 190 Å². The monoisotopic (exact) mass is 968 g/mol. The van der Waals surface area contributed by atoms with Crippen LogP contribution in [0.3, 0.4) is 0 Å². The van der Waals surface area contributed by atoms with E-state index in [1.165, 1.54) is 18.2 Å². The minimum absolute atomic E-state index is 0.00672. The molecule has 0 amide bonds. The van der Waals surface area contributed by atoms with E-state index in [-0.39, 0.29) is 31.8 Å². The van der Waals surface area contributed by atoms with Crippen molar-refractivity contribution in [2.75, 3.05) is 0 Å². The van der Waals surface area contributed by atoms with E-state index in [4.69, 9.17) is 19.6 Å². The summed E-state index contributed by atoms with van der Waals surface area (Å²) in [6.07, 6.45) is 11.0. The fourth-order valence-corrected chi connectivity index (χ4v) is 7.88. The van der Waals surface area contributed by atoms with Gasteiger partial charge in [-0.15, -0.1) is 0 Å². The molecule has 12 nitrogen and oxygen atoms in total. The van der Waals surface area contributed by atoms with E-state index in [1.807, 2.05) is 56.1 Å². The fourth-order valence-electron chi connectivity index (χ4n) is 6.44. The Balaban J connectivity index is 0.000000193. The van der Waals surface area contributed by atoms with Crippen molar-refractivity contribution in [3.63, 3.8) is 0 Å². The molecule has 0 spiro atoms. The highest BCUT2D eigenvalue weighted by molar-refractivity contribution is 9.10. The van der Waals surface area contributed by atoms with Gasteiger partial charge in [0.1, 0.15) is 0 Å². The molecule has 0 radical (unpaired) electrons. The summed E-state index contributed by atoms with van der Waals surface area (Å²) in [4.78, 5) is 18.0. The molecule has 0 aliphatic carbocycles. The summed E-state index contributed by atoms with van der Waals surface area (Å²) in [5.41, 5.74) is 9.94. The van der Waals surface area contributed by atoms with Gasteiger partial charge in [0, 0.05) is 80.5 Å². The van der Waals surface area contributed by atoms with Crippen molar-refractivity contribution < 1.29 is 26.1 Å². The summed E-state index contributed by atoms with van der Waals surface area (Å²) in [6, 6.07) is 21.9. The van der Waals surface area contributed by atoms with Gasteiger partial charge in [0.15, 0.2) is 0 Å². The molecule has 1 aliphatic heterocycles. The SMILES string of the molecule is CC(C)(C)c1cc(-c2cncc(B3OC(C)(C)C(C)(C)O3)c2)ccn1.Cc1cc(S(N)(=O)=O)ccc1-c1cncc(-c2ccnc(C(C)(C)C)c2)c1.Cc1cc(S(N)(=O)=O)ccc1Br. The minimum atomic E-state index is -3.72. The van der Waals surface area contributed by atoms with Crippen molar-refractivity contribution in [2.45, 2.75) is 115 Å². The number of benzene rings is 2. The third-order valence-corrected chi connectivity index (χ3v) is 13.8. The molecule has 7 rings (SSSR count). The summed E-state index contributed by atoms with van der Waals surface area (Å²) in [5, 5.41) is 10.2. The van der Waals surface area contributed by atoms with Crippen molar-refractivity contribution in [1.82, 2.24) is 19.9 Å². The van der Waals surface area contributed by atoms with E-state index in [0.29, 0.717) is 0 Å². The van der Waals surface area contributed by atoms with Gasteiger partial charge in [-0.25, -0.2) is 27.1 Å². The van der Waals surface area contributed by atoms with Crippen LogP contribution in [0, 0.1) is 13.8 Å². The first-order chi connectivity index (χ1) is 29.5. The molecule has 6 aromatic rings. The van der Waals surface area contributed by atoms with Crippen LogP contribution in [-0.4, -0.2) is 55.1 Å². The second-order valence-corrected chi connectivity index (χ2v) is 22.9. The van der Waals surface area contributed by atoms with Crippen LogP contribution in [0.1, 0.15) is 91.8 Å². The van der Waals surface area contributed by atoms with E-state index in [9.17, 15) is 16.8 Å². The van der Waals surface area contributed by atoms with Crippen LogP contribution in [0.5, 0.6) is 0 Å². The van der Waals surface area contributed by atoms with Crippen LogP contribution in [-0.2, 0) is 40.2 Å². The van der Waals surface area contributed by atoms with Gasteiger partial charge in [0.2, 0.25) is 20.0 Å². The van der Waals surface area contributed by atoms with Gasteiger partial charge in [-0.05, 0) is 136 Å². The lowest BCUT2D eigenvalue weighted by Gasteiger charge is -2.32. The highest BCUT2D eigenvalue weighted by Gasteiger charge is 2.51. The fraction of sp³-hybridized carbons (Fsp3) is 0.333. The van der Waals surface area contributed by atoms with Gasteiger partial charge in [0.05, 0.1) is 21.0 Å². The summed E-state index contributed by atoms with van der Waals surface area (Å²) in [5.74, 6) is 0. The third-order valence-electron chi connectivity index (χ3n) is 11.0. The van der Waals surface area contributed by atoms with Gasteiger partial charge in [0.25, 0.3) is 0 Å². The smallest absolute Gasteiger partial charge is 0.399 e. The summed E-state index contributed by atoms with van der Waals surface area (Å²) in [6.45, 7) is 24.8. The van der Waals surface area contributed by atoms with Gasteiger partial charge in [-0.3, -0.25) is 19.9 Å². The molecular weight excluding hydrogens is 911 g/mol. The van der Waals surface area contributed by atoms with Gasteiger partial charge < -0.3 is 9.31 Å². The predicted molar refractivity (Wildman–Crippen MR) is 260 cm³/mol. The normalized spacial score (nSPS) is 14.8. The van der Waals surface area contributed by atoms with E-state index >= 15 is 0 Å². The Hall–Kier alpha value is -4.68. The standard InChI is InChI=1S/C21H23N3O2S.C20H27BN2O2.C7H8BrNO2S/c1-14-9-18(27(22,25)26)5-6-19(14)17-10-16(12-23-13-17)15-7-8-24-20(11-15)21(2,3)4;1-18(2,3)17-11-14(8-9-23-17)15-10-16(13-22-12-15)21-24-19(4,5)20(6,7)25-21;1-5-4-6(12(9,10)11)2-3-7(5)8/h5-13H,1-4H3,(H2,22,25,26);8-13H,1-7H3;2-4H,1H3,(H2,9,10,11). The zero-order valence-electron chi connectivity index (χ0n) is 38.6. The summed E-state index contributed by atoms with van der Waals surface area (Å²) >= 11 is 3.26. The lowest BCUT2D eigenvalue weighted by atomic mass is 9.79. The van der Waals surface area contributed by atoms with E-state index in [1.54, 1.807) is 31.3 Å². The van der Waals surface area contributed by atoms with Gasteiger partial charge in [-0.1, -0.05) is 69.6 Å². The van der Waals surface area contributed by atoms with Gasteiger partial charge in [-0.2, -0.15) is 0 Å². The molecule has 64 heavy (non-hydrogen) atoms. The maximum atomic E-state index is 11.5. The molecule has 2 aromatic carbocycles. The molecule has 1 aliphatic rings. The number of rotatable bonds is 6. The lowest BCUT2D eigenvalue weighted by Crippen LogP contribution is -2.41. The summed E-state index contributed by atoms with van der Waals surface area (Å²) in [7, 11) is -7.68. The molecule has 5 heterocycles. The highest BCUT2D eigenvalue weighted by atomic mass is 79.9. The predicted octanol–water partition coefficient (Wildman–Crippen LogP) is 9.21. The van der Waals surface area contributed by atoms with Crippen LogP contribution in [0.25, 0.3) is 33.4 Å². The van der Waals surface area contributed by atoms with Crippen LogP contribution >= 0.6 is 15.9 Å². The molecule has 0 unspecified atom stereocenters. The highest BCUT2D eigenvalue weighted by Crippen LogP contribution is 2.37. The Bertz CT molecular complexity index is 2860. The minimum Gasteiger partial charge on any atom is -0.399 e. The molecule has 16 heteroatoms. The number of primary sulfonamides is 2. The number of sulfonamides is 2. The maximum absolute atomic E-state index is 11.5. The zero-order chi connectivity index (χ0) is 47.6. The van der Waals surface area contributed by atoms with E-state index < -0.39 is 27.2 Å². The molecule has 0 bridgehead atoms. The molecule has 4 aromatic heterocycles. The Morgan fingerprint density at radius 2 is 1.00 bits per heavy atom. The summed E-state index contributed by atoms with van der Waals surface area (Å²) < 4.78 is 58.0. The first-order valence-electron chi connectivity index (χ1n) is 20.6. The number of aromatic nitrogens is 4. The Labute approximate surface area is 388 Å². The number of hydrogen-bond acceptors (Lipinski definition) is 10. The number of pyridine rings is 4. The zero-order valence-corrected chi connectivity index (χ0v) is 41.8. The van der Waals surface area contributed by atoms with Crippen molar-refractivity contribution in [2.24, 2.45) is 10.3 Å². The first-order valence-corrected chi connectivity index (χ1v) is 24.5. The van der Waals surface area contributed by atoms with E-state index in [0.717, 1.165) is 65.8 Å². The molecule has 338 valence electrons. The van der Waals surface area contributed by atoms with Crippen molar-refractivity contribution >= 4 is 48.6 Å². The number of nitrogens with zero attached hydrogens (tertiary/aromatic N) is 4. The molecule has 4 N–H and O–H groups in total. The van der Waals surface area contributed by atoms with Crippen molar-refractivity contribution in [3.05, 3.63) is 137 Å². The Morgan fingerprint density at radius 3 is 1.45 bits per heavy atom. The van der Waals surface area contributed by atoms with E-state index in [2.05, 4.69) is 123 Å². The number of hydrogen-bond donors (Lipinski definition) is 2. The van der Waals surface area contributed by atoms with Crippen LogP contribution in [0.2, 0.25) is 0 Å². The molecule has 1 saturated heterocycles. The van der Waals surface area contributed by atoms with Crippen molar-refractivity contribution in [3.8, 4) is 33.4 Å². The largest absolute Gasteiger partial charge is 0.496 e. The number of halogens is 1. The second-order valence-electron chi connectivity index (χ2n) is 18.9. The lowest BCUT2D eigenvalue weighted by molar-refractivity contribution is 0.00578. The molecule has 0 atom stereocenters. The number of aryl methyl sites for hydroxylation is 2. The Kier molecular flexibility index (Phi) is 15.0. The molecule has 1 fully saturated rings. The van der Waals surface area contributed by atoms with Crippen LogP contribution in [0.15, 0.2) is 124 Å². The molecular formula is C48H58BBrN6O6S2. The first kappa shape index (κ1) is 50.3.